The summed E-state index contributed by atoms with van der Waals surface area (Å²) in [5.41, 5.74) is 0. The second kappa shape index (κ2) is 6.09. The summed E-state index contributed by atoms with van der Waals surface area (Å²) in [7, 11) is -2.23. The van der Waals surface area contributed by atoms with E-state index in [2.05, 4.69) is 5.10 Å². The van der Waals surface area contributed by atoms with E-state index in [1.54, 1.807) is 7.05 Å². The van der Waals surface area contributed by atoms with Crippen molar-refractivity contribution in [2.75, 3.05) is 19.8 Å². The fourth-order valence-electron chi connectivity index (χ4n) is 3.46. The molecular weight excluding hydrogens is 330 g/mol. The van der Waals surface area contributed by atoms with Crippen LogP contribution in [0.3, 0.4) is 0 Å². The van der Waals surface area contributed by atoms with Crippen LogP contribution >= 0.6 is 11.6 Å². The van der Waals surface area contributed by atoms with Crippen LogP contribution in [0.2, 0.25) is 5.02 Å². The molecule has 2 heterocycles. The fraction of sp³-hybridized carbons (Fsp3) is 0.769. The first-order chi connectivity index (χ1) is 10.4. The van der Waals surface area contributed by atoms with Crippen molar-refractivity contribution in [3.8, 4) is 0 Å². The Hall–Kier alpha value is -0.670. The first kappa shape index (κ1) is 16.2. The third kappa shape index (κ3) is 2.67. The molecule has 3 rings (SSSR count). The highest BCUT2D eigenvalue weighted by molar-refractivity contribution is 7.89. The molecular formula is C13H20ClN3O4S. The molecule has 3 unspecified atom stereocenters. The lowest BCUT2D eigenvalue weighted by Gasteiger charge is -2.38. The highest BCUT2D eigenvalue weighted by atomic mass is 35.5. The average Bonchev–Trinajstić information content (AvgIpc) is 3.05. The summed E-state index contributed by atoms with van der Waals surface area (Å²) < 4.78 is 34.2. The largest absolute Gasteiger partial charge is 0.393 e. The van der Waals surface area contributed by atoms with E-state index in [9.17, 15) is 13.5 Å². The zero-order valence-electron chi connectivity index (χ0n) is 12.4. The molecule has 1 aromatic rings. The van der Waals surface area contributed by atoms with E-state index in [0.29, 0.717) is 19.6 Å². The number of halogens is 1. The van der Waals surface area contributed by atoms with Gasteiger partial charge in [-0.05, 0) is 12.8 Å². The third-order valence-corrected chi connectivity index (χ3v) is 6.97. The molecule has 1 aromatic heterocycles. The van der Waals surface area contributed by atoms with Crippen LogP contribution in [-0.2, 0) is 21.8 Å². The van der Waals surface area contributed by atoms with Gasteiger partial charge in [-0.3, -0.25) is 4.68 Å². The normalized spacial score (nSPS) is 30.8. The second-order valence-corrected chi connectivity index (χ2v) is 8.05. The van der Waals surface area contributed by atoms with Crippen LogP contribution in [-0.4, -0.2) is 59.5 Å². The minimum atomic E-state index is -3.78. The van der Waals surface area contributed by atoms with E-state index in [4.69, 9.17) is 16.3 Å². The van der Waals surface area contributed by atoms with Crippen molar-refractivity contribution in [1.29, 1.82) is 0 Å². The van der Waals surface area contributed by atoms with Gasteiger partial charge in [0.05, 0.1) is 36.6 Å². The zero-order chi connectivity index (χ0) is 15.9. The standard InChI is InChI=1S/C13H20ClN3O4S/c1-16-13(10(14)7-15-16)22(19,20)17-5-6-21-8-11(17)9-3-2-4-12(9)18/h7,9,11-12,18H,2-6,8H2,1H3. The molecule has 3 atom stereocenters. The van der Waals surface area contributed by atoms with E-state index in [1.165, 1.54) is 15.2 Å². The number of hydrogen-bond donors (Lipinski definition) is 1. The van der Waals surface area contributed by atoms with Crippen molar-refractivity contribution < 1.29 is 18.3 Å². The number of rotatable bonds is 3. The number of morpholine rings is 1. The van der Waals surface area contributed by atoms with E-state index in [1.807, 2.05) is 0 Å². The fourth-order valence-corrected chi connectivity index (χ4v) is 5.71. The van der Waals surface area contributed by atoms with Crippen molar-refractivity contribution in [2.24, 2.45) is 13.0 Å². The second-order valence-electron chi connectivity index (χ2n) is 5.84. The van der Waals surface area contributed by atoms with Gasteiger partial charge in [-0.15, -0.1) is 0 Å². The van der Waals surface area contributed by atoms with Gasteiger partial charge in [0, 0.05) is 19.5 Å². The van der Waals surface area contributed by atoms with Crippen LogP contribution in [0.5, 0.6) is 0 Å². The topological polar surface area (TPSA) is 84.7 Å². The molecule has 1 N–H and O–H groups in total. The third-order valence-electron chi connectivity index (χ3n) is 4.54. The summed E-state index contributed by atoms with van der Waals surface area (Å²) >= 11 is 6.02. The lowest BCUT2D eigenvalue weighted by atomic mass is 9.96. The number of hydrogen-bond acceptors (Lipinski definition) is 5. The van der Waals surface area contributed by atoms with Crippen LogP contribution in [0.4, 0.5) is 0 Å². The number of aromatic nitrogens is 2. The Labute approximate surface area is 134 Å². The molecule has 2 fully saturated rings. The van der Waals surface area contributed by atoms with Gasteiger partial charge in [0.15, 0.2) is 5.03 Å². The lowest BCUT2D eigenvalue weighted by molar-refractivity contribution is -0.0149. The Morgan fingerprint density at radius 3 is 2.82 bits per heavy atom. The maximum atomic E-state index is 13.0. The molecule has 2 aliphatic rings. The molecule has 0 amide bonds. The molecule has 9 heteroatoms. The number of aliphatic hydroxyl groups is 1. The number of nitrogens with zero attached hydrogens (tertiary/aromatic N) is 3. The van der Waals surface area contributed by atoms with Gasteiger partial charge >= 0.3 is 0 Å². The SMILES string of the molecule is Cn1ncc(Cl)c1S(=O)(=O)N1CCOCC1C1CCCC1O. The summed E-state index contributed by atoms with van der Waals surface area (Å²) in [6.45, 7) is 0.905. The molecule has 124 valence electrons. The predicted molar refractivity (Wildman–Crippen MR) is 80.1 cm³/mol. The van der Waals surface area contributed by atoms with Crippen LogP contribution in [0.25, 0.3) is 0 Å². The minimum Gasteiger partial charge on any atom is -0.393 e. The Balaban J connectivity index is 1.96. The van der Waals surface area contributed by atoms with Gasteiger partial charge in [-0.1, -0.05) is 18.0 Å². The molecule has 0 radical (unpaired) electrons. The number of sulfonamides is 1. The molecule has 0 bridgehead atoms. The Kier molecular flexibility index (Phi) is 4.48. The lowest BCUT2D eigenvalue weighted by Crippen LogP contribution is -2.53. The van der Waals surface area contributed by atoms with Crippen molar-refractivity contribution in [2.45, 2.75) is 36.4 Å². The molecule has 0 aromatic carbocycles. The van der Waals surface area contributed by atoms with Gasteiger partial charge in [-0.25, -0.2) is 8.42 Å². The summed E-state index contributed by atoms with van der Waals surface area (Å²) in [5, 5.41) is 14.2. The quantitative estimate of drug-likeness (QED) is 0.865. The molecule has 1 aliphatic carbocycles. The summed E-state index contributed by atoms with van der Waals surface area (Å²) in [5.74, 6) is -0.0953. The highest BCUT2D eigenvalue weighted by Crippen LogP contribution is 2.35. The van der Waals surface area contributed by atoms with Crippen molar-refractivity contribution >= 4 is 21.6 Å². The van der Waals surface area contributed by atoms with Crippen molar-refractivity contribution in [1.82, 2.24) is 14.1 Å². The zero-order valence-corrected chi connectivity index (χ0v) is 13.9. The summed E-state index contributed by atoms with van der Waals surface area (Å²) in [6.07, 6.45) is 3.27. The molecule has 1 saturated carbocycles. The Bertz CT molecular complexity index is 628. The first-order valence-corrected chi connectivity index (χ1v) is 9.20. The maximum Gasteiger partial charge on any atom is 0.262 e. The van der Waals surface area contributed by atoms with Crippen LogP contribution in [0.15, 0.2) is 11.2 Å². The van der Waals surface area contributed by atoms with Crippen LogP contribution < -0.4 is 0 Å². The number of aryl methyl sites for hydroxylation is 1. The molecule has 0 spiro atoms. The Morgan fingerprint density at radius 2 is 2.23 bits per heavy atom. The minimum absolute atomic E-state index is 0.00597. The highest BCUT2D eigenvalue weighted by Gasteiger charge is 2.44. The van der Waals surface area contributed by atoms with Crippen molar-refractivity contribution in [3.63, 3.8) is 0 Å². The van der Waals surface area contributed by atoms with Gasteiger partial charge in [-0.2, -0.15) is 9.40 Å². The average molecular weight is 350 g/mol. The molecule has 7 nitrogen and oxygen atoms in total. The predicted octanol–water partition coefficient (Wildman–Crippen LogP) is 0.624. The van der Waals surface area contributed by atoms with E-state index >= 15 is 0 Å². The molecule has 22 heavy (non-hydrogen) atoms. The summed E-state index contributed by atoms with van der Waals surface area (Å²) in [6, 6.07) is -0.359. The smallest absolute Gasteiger partial charge is 0.262 e. The van der Waals surface area contributed by atoms with Gasteiger partial charge in [0.2, 0.25) is 0 Å². The van der Waals surface area contributed by atoms with Crippen LogP contribution in [0.1, 0.15) is 19.3 Å². The Morgan fingerprint density at radius 1 is 1.45 bits per heavy atom. The van der Waals surface area contributed by atoms with E-state index in [0.717, 1.165) is 12.8 Å². The summed E-state index contributed by atoms with van der Waals surface area (Å²) in [4.78, 5) is 0. The van der Waals surface area contributed by atoms with E-state index < -0.39 is 16.1 Å². The van der Waals surface area contributed by atoms with Crippen molar-refractivity contribution in [3.05, 3.63) is 11.2 Å². The monoisotopic (exact) mass is 349 g/mol. The van der Waals surface area contributed by atoms with E-state index in [-0.39, 0.29) is 28.6 Å². The first-order valence-electron chi connectivity index (χ1n) is 7.38. The molecule has 1 saturated heterocycles. The number of ether oxygens (including phenoxy) is 1. The van der Waals surface area contributed by atoms with Gasteiger partial charge in [0.25, 0.3) is 10.0 Å². The van der Waals surface area contributed by atoms with Crippen LogP contribution in [0, 0.1) is 5.92 Å². The number of aliphatic hydroxyl groups excluding tert-OH is 1. The maximum absolute atomic E-state index is 13.0. The van der Waals surface area contributed by atoms with Gasteiger partial charge < -0.3 is 9.84 Å². The molecule has 1 aliphatic heterocycles. The van der Waals surface area contributed by atoms with Gasteiger partial charge in [0.1, 0.15) is 0 Å².